The zero-order valence-corrected chi connectivity index (χ0v) is 39.2. The second-order valence-electron chi connectivity index (χ2n) is 17.4. The number of fused-ring (bicyclic) bond motifs is 2. The third-order valence-electron chi connectivity index (χ3n) is 12.3. The van der Waals surface area contributed by atoms with Gasteiger partial charge in [0.2, 0.25) is 11.8 Å². The maximum atomic E-state index is 12.8. The van der Waals surface area contributed by atoms with E-state index in [1.807, 2.05) is 149 Å². The van der Waals surface area contributed by atoms with Crippen molar-refractivity contribution in [2.45, 2.75) is 60.0 Å². The van der Waals surface area contributed by atoms with E-state index in [0.29, 0.717) is 64.7 Å². The fourth-order valence-electron chi connectivity index (χ4n) is 8.82. The standard InChI is InChI=1S/C28H31N7O2.C25H24N6O2.3CH4/c1-33(2)16-7-11-24(36)34-17-6-8-21(18-34)35-28-25(27(29)30-19-31-28)26(32-35)20-12-14-23(15-13-20)37-22-9-4-3-5-10-22;1-2-21(32)30-14-6-7-18(15-30)31-25-22(24(26)27-16-28-25)23(29-31)17-10-12-20(13-11-17)33-19-8-4-3-5-9-19;;;/h3-5,7,9-15,19,21H,6,8,16-18H2,1-2H3,(H2,29,30,31);2-5,8-13,16,18H,1,6-7,14-15H2,(H2,26,27,28);3*1H4/b11-7+;;;;. The Morgan fingerprint density at radius 2 is 1.03 bits per heavy atom. The summed E-state index contributed by atoms with van der Waals surface area (Å²) in [5.41, 5.74) is 17.1. The summed E-state index contributed by atoms with van der Waals surface area (Å²) in [7, 11) is 3.95. The average Bonchev–Trinajstić information content (AvgIpc) is 3.99. The molecule has 8 aromatic rings. The van der Waals surface area contributed by atoms with E-state index in [1.165, 1.54) is 18.7 Å². The highest BCUT2D eigenvalue weighted by Crippen LogP contribution is 2.37. The minimum atomic E-state index is -0.0699. The molecule has 17 nitrogen and oxygen atoms in total. The van der Waals surface area contributed by atoms with Gasteiger partial charge in [-0.15, -0.1) is 0 Å². The van der Waals surface area contributed by atoms with Crippen molar-refractivity contribution in [3.05, 3.63) is 147 Å². The molecule has 0 spiro atoms. The van der Waals surface area contributed by atoms with Crippen LogP contribution in [0.15, 0.2) is 147 Å². The van der Waals surface area contributed by atoms with Crippen molar-refractivity contribution in [1.82, 2.24) is 54.2 Å². The number of hydrogen-bond acceptors (Lipinski definition) is 13. The van der Waals surface area contributed by atoms with Gasteiger partial charge in [-0.3, -0.25) is 9.59 Å². The zero-order valence-electron chi connectivity index (χ0n) is 39.2. The number of nitrogens with zero attached hydrogens (tertiary/aromatic N) is 11. The first kappa shape index (κ1) is 53.9. The van der Waals surface area contributed by atoms with E-state index in [0.717, 1.165) is 72.9 Å². The van der Waals surface area contributed by atoms with Gasteiger partial charge in [0.15, 0.2) is 11.3 Å². The van der Waals surface area contributed by atoms with Crippen LogP contribution in [0.25, 0.3) is 44.6 Å². The van der Waals surface area contributed by atoms with Gasteiger partial charge >= 0.3 is 0 Å². The molecule has 2 aliphatic rings. The highest BCUT2D eigenvalue weighted by atomic mass is 16.5. The average molecular weight is 986 g/mol. The summed E-state index contributed by atoms with van der Waals surface area (Å²) in [4.78, 5) is 48.1. The summed E-state index contributed by atoms with van der Waals surface area (Å²) in [6.45, 7) is 6.90. The first-order valence-electron chi connectivity index (χ1n) is 23.3. The van der Waals surface area contributed by atoms with Crippen molar-refractivity contribution in [3.8, 4) is 45.5 Å². The van der Waals surface area contributed by atoms with Crippen molar-refractivity contribution in [1.29, 1.82) is 0 Å². The Morgan fingerprint density at radius 1 is 0.616 bits per heavy atom. The number of nitrogen functional groups attached to an aromatic ring is 2. The van der Waals surface area contributed by atoms with E-state index in [9.17, 15) is 9.59 Å². The Labute approximate surface area is 427 Å². The fourth-order valence-corrected chi connectivity index (χ4v) is 8.82. The number of likely N-dealkylation sites (tertiary alicyclic amines) is 2. The van der Waals surface area contributed by atoms with Crippen molar-refractivity contribution < 1.29 is 19.1 Å². The van der Waals surface area contributed by atoms with E-state index in [-0.39, 0.29) is 46.2 Å². The first-order valence-corrected chi connectivity index (χ1v) is 23.3. The lowest BCUT2D eigenvalue weighted by atomic mass is 10.1. The lowest BCUT2D eigenvalue weighted by Crippen LogP contribution is -2.40. The summed E-state index contributed by atoms with van der Waals surface area (Å²) in [5.74, 6) is 3.71. The number of para-hydroxylation sites is 2. The van der Waals surface area contributed by atoms with Crippen molar-refractivity contribution in [3.63, 3.8) is 0 Å². The van der Waals surface area contributed by atoms with E-state index in [4.69, 9.17) is 31.1 Å². The van der Waals surface area contributed by atoms with Crippen molar-refractivity contribution in [2.24, 2.45) is 0 Å². The molecule has 2 aliphatic heterocycles. The molecule has 4 N–H and O–H groups in total. The molecule has 73 heavy (non-hydrogen) atoms. The summed E-state index contributed by atoms with van der Waals surface area (Å²) in [6, 6.07) is 34.7. The summed E-state index contributed by atoms with van der Waals surface area (Å²) in [6.07, 6.45) is 11.4. The van der Waals surface area contributed by atoms with E-state index in [2.05, 4.69) is 26.5 Å². The normalized spacial score (nSPS) is 15.4. The number of carbonyl (C=O) groups is 2. The molecule has 2 fully saturated rings. The van der Waals surface area contributed by atoms with Gasteiger partial charge in [0, 0.05) is 49.9 Å². The third-order valence-corrected chi connectivity index (χ3v) is 12.3. The van der Waals surface area contributed by atoms with Gasteiger partial charge in [0.25, 0.3) is 0 Å². The van der Waals surface area contributed by atoms with E-state index < -0.39 is 0 Å². The Morgan fingerprint density at radius 3 is 1.44 bits per heavy atom. The molecule has 4 aromatic heterocycles. The highest BCUT2D eigenvalue weighted by Gasteiger charge is 2.30. The maximum absolute atomic E-state index is 12.8. The van der Waals surface area contributed by atoms with Gasteiger partial charge in [-0.05, 0) is 119 Å². The topological polar surface area (TPSA) is 202 Å². The molecule has 2 unspecified atom stereocenters. The fraction of sp³-hybridized carbons (Fsp3) is 0.286. The lowest BCUT2D eigenvalue weighted by molar-refractivity contribution is -0.128. The van der Waals surface area contributed by atoms with Crippen LogP contribution in [0.1, 0.15) is 60.0 Å². The van der Waals surface area contributed by atoms with Crippen LogP contribution >= 0.6 is 0 Å². The molecule has 2 atom stereocenters. The number of anilines is 2. The van der Waals surface area contributed by atoms with Crippen LogP contribution in [-0.2, 0) is 9.59 Å². The predicted molar refractivity (Wildman–Crippen MR) is 291 cm³/mol. The largest absolute Gasteiger partial charge is 0.457 e. The second-order valence-corrected chi connectivity index (χ2v) is 17.4. The molecular formula is C56H67N13O4. The summed E-state index contributed by atoms with van der Waals surface area (Å²) < 4.78 is 15.6. The molecule has 0 bridgehead atoms. The van der Waals surface area contributed by atoms with Gasteiger partial charge in [-0.1, -0.05) is 71.3 Å². The maximum Gasteiger partial charge on any atom is 0.246 e. The molecule has 0 saturated carbocycles. The highest BCUT2D eigenvalue weighted by molar-refractivity contribution is 5.99. The van der Waals surface area contributed by atoms with Crippen LogP contribution in [0, 0.1) is 0 Å². The number of ether oxygens (including phenoxy) is 2. The molecule has 2 amide bonds. The Hall–Kier alpha value is -8.44. The van der Waals surface area contributed by atoms with Crippen molar-refractivity contribution >= 4 is 45.5 Å². The Kier molecular flexibility index (Phi) is 18.2. The monoisotopic (exact) mass is 986 g/mol. The molecule has 2 saturated heterocycles. The van der Waals surface area contributed by atoms with Crippen LogP contribution in [0.4, 0.5) is 11.6 Å². The number of hydrogen-bond donors (Lipinski definition) is 2. The lowest BCUT2D eigenvalue weighted by Gasteiger charge is -2.32. The van der Waals surface area contributed by atoms with Crippen LogP contribution < -0.4 is 20.9 Å². The Balaban J connectivity index is 0.000000230. The molecule has 6 heterocycles. The molecule has 380 valence electrons. The second kappa shape index (κ2) is 24.6. The smallest absolute Gasteiger partial charge is 0.246 e. The van der Waals surface area contributed by atoms with Gasteiger partial charge < -0.3 is 35.6 Å². The molecule has 0 aliphatic carbocycles. The SMILES string of the molecule is C.C.C.C=CC(=O)N1CCCC(n2nc(-c3ccc(Oc4ccccc4)cc3)c3c(N)ncnc32)C1.CN(C)C/C=C/C(=O)N1CCCC(n2nc(-c3ccc(Oc4ccccc4)cc3)c3c(N)ncnc32)C1. The molecule has 17 heteroatoms. The van der Waals surface area contributed by atoms with Crippen LogP contribution in [0.5, 0.6) is 23.0 Å². The molecule has 4 aromatic carbocycles. The van der Waals surface area contributed by atoms with Crippen molar-refractivity contribution in [2.75, 3.05) is 58.3 Å². The molecule has 0 radical (unpaired) electrons. The van der Waals surface area contributed by atoms with Gasteiger partial charge in [-0.25, -0.2) is 29.3 Å². The quantitative estimate of drug-likeness (QED) is 0.110. The number of likely N-dealkylation sites (N-methyl/N-ethyl adjacent to an activating group) is 1. The number of nitrogens with two attached hydrogens (primary N) is 2. The Bertz CT molecular complexity index is 3120. The minimum absolute atomic E-state index is 0. The zero-order chi connectivity index (χ0) is 48.6. The number of piperidine rings is 2. The number of benzene rings is 4. The van der Waals surface area contributed by atoms with Gasteiger partial charge in [0.1, 0.15) is 58.7 Å². The summed E-state index contributed by atoms with van der Waals surface area (Å²) >= 11 is 0. The van der Waals surface area contributed by atoms with E-state index >= 15 is 0 Å². The van der Waals surface area contributed by atoms with Gasteiger partial charge in [-0.2, -0.15) is 10.2 Å². The molecule has 10 rings (SSSR count). The number of carbonyl (C=O) groups excluding carboxylic acids is 2. The number of amides is 2. The van der Waals surface area contributed by atoms with Gasteiger partial charge in [0.05, 0.1) is 22.9 Å². The summed E-state index contributed by atoms with van der Waals surface area (Å²) in [5, 5.41) is 11.3. The predicted octanol–water partition coefficient (Wildman–Crippen LogP) is 10.3. The van der Waals surface area contributed by atoms with Crippen LogP contribution in [0.3, 0.4) is 0 Å². The van der Waals surface area contributed by atoms with Crippen LogP contribution in [-0.4, -0.2) is 113 Å². The van der Waals surface area contributed by atoms with E-state index in [1.54, 1.807) is 11.0 Å². The first-order chi connectivity index (χ1) is 34.1. The molecular weight excluding hydrogens is 919 g/mol. The number of aromatic nitrogens is 8. The minimum Gasteiger partial charge on any atom is -0.457 e. The third kappa shape index (κ3) is 12.4. The van der Waals surface area contributed by atoms with Crippen LogP contribution in [0.2, 0.25) is 0 Å². The number of rotatable bonds is 12.